The normalized spacial score (nSPS) is 31.3. The second-order valence-corrected chi connectivity index (χ2v) is 19.9. The summed E-state index contributed by atoms with van der Waals surface area (Å²) in [6.07, 6.45) is 39.9. The predicted molar refractivity (Wildman–Crippen MR) is 216 cm³/mol. The topological polar surface area (TPSA) is 26.3 Å². The molecule has 0 bridgehead atoms. The van der Waals surface area contributed by atoms with E-state index < -0.39 is 0 Å². The lowest BCUT2D eigenvalue weighted by molar-refractivity contribution is -0.151. The monoisotopic (exact) mass is 695 g/mol. The maximum absolute atomic E-state index is 12.9. The standard InChI is InChI=1S/C48H86O2/c1-37(2)24-21-19-17-15-13-11-9-8-10-12-14-16-18-20-22-27-46(49)50-41-32-34-47(6)40(36-41)28-29-42-44-31-30-43(39(5)26-23-25-38(3)4)48(44,7)35-33-45(42)47/h28,37-39,41-45H,8-27,29-36H2,1-7H3/t39-,41?,42?,43-,44?,45?,47+,48-/m1/s1. The number of ether oxygens (including phenoxy) is 1. The Labute approximate surface area is 312 Å². The quantitative estimate of drug-likeness (QED) is 0.0571. The van der Waals surface area contributed by atoms with E-state index in [0.717, 1.165) is 60.7 Å². The fraction of sp³-hybridized carbons (Fsp3) is 0.938. The molecule has 0 spiro atoms. The zero-order chi connectivity index (χ0) is 36.0. The van der Waals surface area contributed by atoms with Crippen molar-refractivity contribution in [1.29, 1.82) is 0 Å². The van der Waals surface area contributed by atoms with Crippen LogP contribution >= 0.6 is 0 Å². The molecule has 4 rings (SSSR count). The molecule has 290 valence electrons. The van der Waals surface area contributed by atoms with E-state index in [1.165, 1.54) is 154 Å². The summed E-state index contributed by atoms with van der Waals surface area (Å²) in [6.45, 7) is 17.3. The summed E-state index contributed by atoms with van der Waals surface area (Å²) in [4.78, 5) is 12.9. The van der Waals surface area contributed by atoms with Crippen LogP contribution in [0.25, 0.3) is 0 Å². The molecule has 4 unspecified atom stereocenters. The fourth-order valence-electron chi connectivity index (χ4n) is 12.1. The lowest BCUT2D eigenvalue weighted by atomic mass is 9.47. The minimum atomic E-state index is 0.0661. The van der Waals surface area contributed by atoms with Gasteiger partial charge in [0.15, 0.2) is 0 Å². The average molecular weight is 695 g/mol. The second-order valence-electron chi connectivity index (χ2n) is 19.9. The van der Waals surface area contributed by atoms with E-state index in [-0.39, 0.29) is 12.1 Å². The van der Waals surface area contributed by atoms with Crippen LogP contribution in [0.5, 0.6) is 0 Å². The van der Waals surface area contributed by atoms with Gasteiger partial charge in [-0.3, -0.25) is 4.79 Å². The zero-order valence-corrected chi connectivity index (χ0v) is 34.8. The van der Waals surface area contributed by atoms with Gasteiger partial charge in [-0.25, -0.2) is 0 Å². The van der Waals surface area contributed by atoms with Crippen LogP contribution in [0, 0.1) is 52.3 Å². The molecule has 0 heterocycles. The van der Waals surface area contributed by atoms with E-state index in [2.05, 4.69) is 54.5 Å². The van der Waals surface area contributed by atoms with Crippen molar-refractivity contribution in [2.24, 2.45) is 52.3 Å². The van der Waals surface area contributed by atoms with Crippen molar-refractivity contribution < 1.29 is 9.53 Å². The van der Waals surface area contributed by atoms with Crippen LogP contribution < -0.4 is 0 Å². The molecule has 0 aromatic carbocycles. The third-order valence-corrected chi connectivity index (χ3v) is 15.2. The lowest BCUT2D eigenvalue weighted by Gasteiger charge is -2.58. The highest BCUT2D eigenvalue weighted by Crippen LogP contribution is 2.67. The van der Waals surface area contributed by atoms with Gasteiger partial charge in [0, 0.05) is 12.8 Å². The Morgan fingerprint density at radius 3 is 1.82 bits per heavy atom. The number of esters is 1. The summed E-state index contributed by atoms with van der Waals surface area (Å²) in [7, 11) is 0. The molecular formula is C48H86O2. The van der Waals surface area contributed by atoms with Gasteiger partial charge in [0.25, 0.3) is 0 Å². The van der Waals surface area contributed by atoms with Crippen LogP contribution in [0.15, 0.2) is 11.6 Å². The van der Waals surface area contributed by atoms with Crippen molar-refractivity contribution in [3.63, 3.8) is 0 Å². The molecule has 4 aliphatic rings. The molecule has 0 saturated heterocycles. The first-order valence-corrected chi connectivity index (χ1v) is 22.9. The van der Waals surface area contributed by atoms with Crippen molar-refractivity contribution >= 4 is 5.97 Å². The van der Waals surface area contributed by atoms with Gasteiger partial charge in [-0.05, 0) is 104 Å². The van der Waals surface area contributed by atoms with Crippen molar-refractivity contribution in [3.05, 3.63) is 11.6 Å². The third kappa shape index (κ3) is 12.1. The molecule has 0 aliphatic heterocycles. The number of fused-ring (bicyclic) bond motifs is 5. The summed E-state index contributed by atoms with van der Waals surface area (Å²) >= 11 is 0. The fourth-order valence-corrected chi connectivity index (χ4v) is 12.1. The Hall–Kier alpha value is -0.790. The zero-order valence-electron chi connectivity index (χ0n) is 34.8. The number of carbonyl (C=O) groups is 1. The average Bonchev–Trinajstić information content (AvgIpc) is 3.43. The highest BCUT2D eigenvalue weighted by molar-refractivity contribution is 5.69. The highest BCUT2D eigenvalue weighted by atomic mass is 16.5. The first-order chi connectivity index (χ1) is 24.0. The van der Waals surface area contributed by atoms with Crippen molar-refractivity contribution in [2.75, 3.05) is 0 Å². The minimum absolute atomic E-state index is 0.0661. The summed E-state index contributed by atoms with van der Waals surface area (Å²) in [5, 5.41) is 0. The smallest absolute Gasteiger partial charge is 0.306 e. The largest absolute Gasteiger partial charge is 0.462 e. The molecule has 4 aliphatic carbocycles. The molecule has 0 radical (unpaired) electrons. The number of rotatable bonds is 24. The second kappa shape index (κ2) is 21.2. The van der Waals surface area contributed by atoms with Gasteiger partial charge in [0.1, 0.15) is 6.10 Å². The maximum atomic E-state index is 12.9. The van der Waals surface area contributed by atoms with Crippen molar-refractivity contribution in [1.82, 2.24) is 0 Å². The van der Waals surface area contributed by atoms with Gasteiger partial charge in [-0.15, -0.1) is 0 Å². The summed E-state index contributed by atoms with van der Waals surface area (Å²) in [5.74, 6) is 6.21. The van der Waals surface area contributed by atoms with E-state index in [0.29, 0.717) is 17.3 Å². The molecule has 0 amide bonds. The summed E-state index contributed by atoms with van der Waals surface area (Å²) < 4.78 is 6.15. The van der Waals surface area contributed by atoms with E-state index in [1.54, 1.807) is 5.57 Å². The van der Waals surface area contributed by atoms with Crippen LogP contribution in [-0.4, -0.2) is 12.1 Å². The number of unbranched alkanes of at least 4 members (excludes halogenated alkanes) is 14. The van der Waals surface area contributed by atoms with Crippen molar-refractivity contribution in [2.45, 2.75) is 234 Å². The summed E-state index contributed by atoms with van der Waals surface area (Å²) in [5.41, 5.74) is 2.54. The minimum Gasteiger partial charge on any atom is -0.462 e. The van der Waals surface area contributed by atoms with Gasteiger partial charge in [-0.2, -0.15) is 0 Å². The van der Waals surface area contributed by atoms with Gasteiger partial charge in [0.2, 0.25) is 0 Å². The first kappa shape index (κ1) is 42.0. The van der Waals surface area contributed by atoms with Gasteiger partial charge < -0.3 is 4.74 Å². The SMILES string of the molecule is CC(C)CCCCCCCCCCCCCCCCCC(=O)OC1CC[C@@]2(C)C(=CCC3C2CC[C@@]2(C)C3CC[C@@H]2[C@H](C)CCCC(C)C)C1. The predicted octanol–water partition coefficient (Wildman–Crippen LogP) is 15.2. The number of allylic oxidation sites excluding steroid dienone is 1. The van der Waals surface area contributed by atoms with Crippen LogP contribution in [0.4, 0.5) is 0 Å². The van der Waals surface area contributed by atoms with Gasteiger partial charge in [-0.1, -0.05) is 176 Å². The Kier molecular flexibility index (Phi) is 17.8. The Morgan fingerprint density at radius 1 is 0.660 bits per heavy atom. The van der Waals surface area contributed by atoms with Crippen LogP contribution in [-0.2, 0) is 9.53 Å². The van der Waals surface area contributed by atoms with E-state index in [4.69, 9.17) is 4.74 Å². The van der Waals surface area contributed by atoms with Crippen molar-refractivity contribution in [3.8, 4) is 0 Å². The van der Waals surface area contributed by atoms with E-state index in [9.17, 15) is 4.79 Å². The number of hydrogen-bond acceptors (Lipinski definition) is 2. The Bertz CT molecular complexity index is 994. The van der Waals surface area contributed by atoms with Gasteiger partial charge in [0.05, 0.1) is 0 Å². The first-order valence-electron chi connectivity index (χ1n) is 22.9. The molecule has 0 aromatic rings. The maximum Gasteiger partial charge on any atom is 0.306 e. The third-order valence-electron chi connectivity index (χ3n) is 15.2. The highest BCUT2D eigenvalue weighted by Gasteiger charge is 2.59. The molecule has 50 heavy (non-hydrogen) atoms. The molecular weight excluding hydrogens is 609 g/mol. The van der Waals surface area contributed by atoms with Crippen LogP contribution in [0.1, 0.15) is 228 Å². The van der Waals surface area contributed by atoms with E-state index in [1.807, 2.05) is 0 Å². The molecule has 3 fully saturated rings. The lowest BCUT2D eigenvalue weighted by Crippen LogP contribution is -2.51. The molecule has 0 N–H and O–H groups in total. The van der Waals surface area contributed by atoms with Gasteiger partial charge >= 0.3 is 5.97 Å². The van der Waals surface area contributed by atoms with Crippen LogP contribution in [0.2, 0.25) is 0 Å². The molecule has 8 atom stereocenters. The molecule has 2 heteroatoms. The Balaban J connectivity index is 1.05. The molecule has 2 nitrogen and oxygen atoms in total. The molecule has 3 saturated carbocycles. The Morgan fingerprint density at radius 2 is 1.22 bits per heavy atom. The number of carbonyl (C=O) groups excluding carboxylic acids is 1. The van der Waals surface area contributed by atoms with E-state index >= 15 is 0 Å². The molecule has 0 aromatic heterocycles. The number of hydrogen-bond donors (Lipinski definition) is 0. The van der Waals surface area contributed by atoms with Crippen LogP contribution in [0.3, 0.4) is 0 Å². The summed E-state index contributed by atoms with van der Waals surface area (Å²) in [6, 6.07) is 0.